The quantitative estimate of drug-likeness (QED) is 0.864. The fraction of sp³-hybridized carbons (Fsp3) is 0.400. The third-order valence-electron chi connectivity index (χ3n) is 3.73. The molecule has 24 heavy (non-hydrogen) atoms. The van der Waals surface area contributed by atoms with Crippen LogP contribution in [0.25, 0.3) is 11.5 Å². The van der Waals surface area contributed by atoms with Crippen LogP contribution < -0.4 is 5.32 Å². The summed E-state index contributed by atoms with van der Waals surface area (Å²) in [6.07, 6.45) is 0.730. The molecule has 1 fully saturated rings. The van der Waals surface area contributed by atoms with Crippen LogP contribution >= 0.6 is 0 Å². The molecule has 0 saturated carbocycles. The summed E-state index contributed by atoms with van der Waals surface area (Å²) in [5.41, 5.74) is 0.205. The first-order chi connectivity index (χ1) is 11.4. The van der Waals surface area contributed by atoms with Gasteiger partial charge in [-0.05, 0) is 18.6 Å². The summed E-state index contributed by atoms with van der Waals surface area (Å²) in [5, 5.41) is 10.3. The molecule has 1 saturated heterocycles. The third kappa shape index (κ3) is 3.97. The summed E-state index contributed by atoms with van der Waals surface area (Å²) >= 11 is 0. The van der Waals surface area contributed by atoms with E-state index in [9.17, 15) is 17.6 Å². The molecule has 0 radical (unpaired) electrons. The maximum Gasteiger partial charge on any atom is 0.250 e. The zero-order chi connectivity index (χ0) is 17.2. The molecular weight excluding hydrogens is 337 g/mol. The number of nitrogens with one attached hydrogen (secondary N) is 1. The van der Waals surface area contributed by atoms with Crippen LogP contribution in [0.5, 0.6) is 0 Å². The highest BCUT2D eigenvalue weighted by Crippen LogP contribution is 2.21. The van der Waals surface area contributed by atoms with Gasteiger partial charge >= 0.3 is 0 Å². The lowest BCUT2D eigenvalue weighted by atomic mass is 10.2. The van der Waals surface area contributed by atoms with Crippen molar-refractivity contribution in [2.45, 2.75) is 25.3 Å². The predicted molar refractivity (Wildman–Crippen MR) is 83.2 cm³/mol. The lowest BCUT2D eigenvalue weighted by molar-refractivity contribution is -0.121. The Morgan fingerprint density at radius 2 is 2.12 bits per heavy atom. The lowest BCUT2D eigenvalue weighted by Gasteiger charge is -2.09. The van der Waals surface area contributed by atoms with Crippen LogP contribution in [-0.2, 0) is 21.1 Å². The normalized spacial score (nSPS) is 19.3. The van der Waals surface area contributed by atoms with E-state index < -0.39 is 15.7 Å². The SMILES string of the molecule is O=C(CCc1nnc(-c2ccccc2F)o1)NC1CCS(=O)(=O)C1. The first-order valence-electron chi connectivity index (χ1n) is 7.50. The number of hydrogen-bond acceptors (Lipinski definition) is 6. The van der Waals surface area contributed by atoms with Crippen LogP contribution in [0.4, 0.5) is 4.39 Å². The molecule has 1 atom stereocenters. The lowest BCUT2D eigenvalue weighted by Crippen LogP contribution is -2.35. The maximum atomic E-state index is 13.6. The summed E-state index contributed by atoms with van der Waals surface area (Å²) < 4.78 is 41.7. The number of nitrogens with zero attached hydrogens (tertiary/aromatic N) is 2. The van der Waals surface area contributed by atoms with Gasteiger partial charge < -0.3 is 9.73 Å². The Morgan fingerprint density at radius 1 is 1.33 bits per heavy atom. The Hall–Kier alpha value is -2.29. The van der Waals surface area contributed by atoms with Crippen LogP contribution in [0.2, 0.25) is 0 Å². The molecule has 1 amide bonds. The molecule has 1 aromatic carbocycles. The maximum absolute atomic E-state index is 13.6. The van der Waals surface area contributed by atoms with Crippen LogP contribution in [0.3, 0.4) is 0 Å². The first kappa shape index (κ1) is 16.6. The van der Waals surface area contributed by atoms with E-state index in [4.69, 9.17) is 4.42 Å². The molecule has 0 aliphatic carbocycles. The van der Waals surface area contributed by atoms with Crippen molar-refractivity contribution in [3.8, 4) is 11.5 Å². The molecule has 1 unspecified atom stereocenters. The van der Waals surface area contributed by atoms with Gasteiger partial charge in [0, 0.05) is 18.9 Å². The number of amides is 1. The second-order valence-electron chi connectivity index (χ2n) is 5.65. The summed E-state index contributed by atoms with van der Waals surface area (Å²) in [4.78, 5) is 11.9. The summed E-state index contributed by atoms with van der Waals surface area (Å²) in [7, 11) is -3.03. The van der Waals surface area contributed by atoms with Crippen LogP contribution in [0.15, 0.2) is 28.7 Å². The number of aromatic nitrogens is 2. The smallest absolute Gasteiger partial charge is 0.250 e. The molecule has 1 aliphatic rings. The van der Waals surface area contributed by atoms with Gasteiger partial charge in [-0.15, -0.1) is 10.2 Å². The minimum atomic E-state index is -3.03. The van der Waals surface area contributed by atoms with E-state index in [1.807, 2.05) is 0 Å². The van der Waals surface area contributed by atoms with Gasteiger partial charge in [0.2, 0.25) is 11.8 Å². The van der Waals surface area contributed by atoms with Gasteiger partial charge in [-0.25, -0.2) is 12.8 Å². The van der Waals surface area contributed by atoms with Crippen LogP contribution in [-0.4, -0.2) is 42.1 Å². The molecule has 2 aromatic rings. The molecule has 7 nitrogen and oxygen atoms in total. The van der Waals surface area contributed by atoms with Crippen molar-refractivity contribution in [2.75, 3.05) is 11.5 Å². The fourth-order valence-corrected chi connectivity index (χ4v) is 4.20. The molecule has 1 N–H and O–H groups in total. The summed E-state index contributed by atoms with van der Waals surface area (Å²) in [6, 6.07) is 5.70. The van der Waals surface area contributed by atoms with E-state index >= 15 is 0 Å². The predicted octanol–water partition coefficient (Wildman–Crippen LogP) is 1.11. The van der Waals surface area contributed by atoms with Crippen molar-refractivity contribution in [1.82, 2.24) is 15.5 Å². The van der Waals surface area contributed by atoms with Gasteiger partial charge in [0.25, 0.3) is 5.89 Å². The molecule has 3 rings (SSSR count). The van der Waals surface area contributed by atoms with Gasteiger partial charge in [0.1, 0.15) is 5.82 Å². The van der Waals surface area contributed by atoms with E-state index in [1.165, 1.54) is 12.1 Å². The molecular formula is C15H16FN3O4S. The highest BCUT2D eigenvalue weighted by Gasteiger charge is 2.28. The molecule has 2 heterocycles. The van der Waals surface area contributed by atoms with Crippen molar-refractivity contribution in [3.05, 3.63) is 36.0 Å². The summed E-state index contributed by atoms with van der Waals surface area (Å²) in [6.45, 7) is 0. The van der Waals surface area contributed by atoms with Crippen LogP contribution in [0, 0.1) is 5.82 Å². The number of carbonyl (C=O) groups is 1. The van der Waals surface area contributed by atoms with Crippen molar-refractivity contribution in [2.24, 2.45) is 0 Å². The van der Waals surface area contributed by atoms with E-state index in [0.29, 0.717) is 6.42 Å². The Labute approximate surface area is 138 Å². The number of carbonyl (C=O) groups excluding carboxylic acids is 1. The van der Waals surface area contributed by atoms with Crippen LogP contribution in [0.1, 0.15) is 18.7 Å². The highest BCUT2D eigenvalue weighted by atomic mass is 32.2. The average Bonchev–Trinajstić information content (AvgIpc) is 3.12. The zero-order valence-electron chi connectivity index (χ0n) is 12.7. The first-order valence-corrected chi connectivity index (χ1v) is 9.32. The second kappa shape index (κ2) is 6.68. The molecule has 1 aromatic heterocycles. The Bertz CT molecular complexity index is 850. The average molecular weight is 353 g/mol. The molecule has 128 valence electrons. The van der Waals surface area contributed by atoms with Gasteiger partial charge in [-0.3, -0.25) is 4.79 Å². The molecule has 1 aliphatic heterocycles. The molecule has 9 heteroatoms. The number of sulfone groups is 1. The van der Waals surface area contributed by atoms with Gasteiger partial charge in [0.15, 0.2) is 9.84 Å². The summed E-state index contributed by atoms with van der Waals surface area (Å²) in [5.74, 6) is -0.367. The van der Waals surface area contributed by atoms with Crippen molar-refractivity contribution in [3.63, 3.8) is 0 Å². The van der Waals surface area contributed by atoms with Crippen molar-refractivity contribution >= 4 is 15.7 Å². The molecule has 0 spiro atoms. The minimum absolute atomic E-state index is 0.0171. The van der Waals surface area contributed by atoms with Gasteiger partial charge in [-0.1, -0.05) is 12.1 Å². The Morgan fingerprint density at radius 3 is 2.83 bits per heavy atom. The van der Waals surface area contributed by atoms with E-state index in [1.54, 1.807) is 12.1 Å². The third-order valence-corrected chi connectivity index (χ3v) is 5.50. The molecule has 0 bridgehead atoms. The Kier molecular flexibility index (Phi) is 4.61. The van der Waals surface area contributed by atoms with Gasteiger partial charge in [0.05, 0.1) is 17.1 Å². The number of aryl methyl sites for hydroxylation is 1. The van der Waals surface area contributed by atoms with E-state index in [0.717, 1.165) is 0 Å². The van der Waals surface area contributed by atoms with Crippen molar-refractivity contribution < 1.29 is 22.0 Å². The number of hydrogen-bond donors (Lipinski definition) is 1. The number of benzene rings is 1. The minimum Gasteiger partial charge on any atom is -0.421 e. The fourth-order valence-electron chi connectivity index (χ4n) is 2.53. The van der Waals surface area contributed by atoms with Crippen molar-refractivity contribution in [1.29, 1.82) is 0 Å². The zero-order valence-corrected chi connectivity index (χ0v) is 13.6. The van der Waals surface area contributed by atoms with Gasteiger partial charge in [-0.2, -0.15) is 0 Å². The van der Waals surface area contributed by atoms with E-state index in [2.05, 4.69) is 15.5 Å². The highest BCUT2D eigenvalue weighted by molar-refractivity contribution is 7.91. The van der Waals surface area contributed by atoms with E-state index in [-0.39, 0.29) is 53.6 Å². The Balaban J connectivity index is 1.54. The largest absolute Gasteiger partial charge is 0.421 e. The number of rotatable bonds is 5. The monoisotopic (exact) mass is 353 g/mol. The standard InChI is InChI=1S/C15H16FN3O4S/c16-12-4-2-1-3-11(12)15-19-18-14(23-15)6-5-13(20)17-10-7-8-24(21,22)9-10/h1-4,10H,5-9H2,(H,17,20). The second-order valence-corrected chi connectivity index (χ2v) is 7.88. The number of halogens is 1. The topological polar surface area (TPSA) is 102 Å².